The quantitative estimate of drug-likeness (QED) is 0.566. The van der Waals surface area contributed by atoms with E-state index in [1.54, 1.807) is 43.5 Å². The number of aromatic nitrogens is 5. The number of rotatable bonds is 4. The number of hydrogen-bond acceptors (Lipinski definition) is 6. The Morgan fingerprint density at radius 2 is 2.23 bits per heavy atom. The monoisotopic (exact) mass is 352 g/mol. The molecule has 1 N–H and O–H groups in total. The molecule has 130 valence electrons. The van der Waals surface area contributed by atoms with Crippen molar-refractivity contribution >= 4 is 17.5 Å². The topological polar surface area (TPSA) is 98.2 Å². The molecular formula is C17H13FN6O2. The molecular weight excluding hydrogens is 339 g/mol. The third kappa shape index (κ3) is 3.14. The number of anilines is 1. The first-order valence-corrected chi connectivity index (χ1v) is 7.78. The molecule has 0 fully saturated rings. The smallest absolute Gasteiger partial charge is 0.249 e. The molecule has 4 aromatic heterocycles. The van der Waals surface area contributed by atoms with Gasteiger partial charge in [-0.05, 0) is 31.2 Å². The molecule has 1 amide bonds. The minimum absolute atomic E-state index is 0.0303. The van der Waals surface area contributed by atoms with Crippen LogP contribution in [0.3, 0.4) is 0 Å². The molecule has 0 atom stereocenters. The molecule has 0 unspecified atom stereocenters. The number of carbonyl (C=O) groups excluding carboxylic acids is 1. The van der Waals surface area contributed by atoms with E-state index in [1.165, 1.54) is 10.7 Å². The molecule has 4 aromatic rings. The predicted molar refractivity (Wildman–Crippen MR) is 89.7 cm³/mol. The minimum atomic E-state index is -0.567. The molecule has 0 aliphatic heterocycles. The summed E-state index contributed by atoms with van der Waals surface area (Å²) in [5, 5.41) is 10.5. The number of amides is 1. The number of nitrogens with one attached hydrogen (secondary N) is 1. The Kier molecular flexibility index (Phi) is 3.88. The third-order valence-corrected chi connectivity index (χ3v) is 3.66. The van der Waals surface area contributed by atoms with Crippen molar-refractivity contribution < 1.29 is 13.7 Å². The number of halogens is 1. The van der Waals surface area contributed by atoms with Crippen LogP contribution in [0.25, 0.3) is 16.8 Å². The van der Waals surface area contributed by atoms with Gasteiger partial charge in [-0.25, -0.2) is 9.50 Å². The van der Waals surface area contributed by atoms with Gasteiger partial charge in [-0.3, -0.25) is 10.1 Å². The summed E-state index contributed by atoms with van der Waals surface area (Å²) in [5.74, 6) is -0.286. The van der Waals surface area contributed by atoms with E-state index < -0.39 is 5.95 Å². The molecule has 9 heteroatoms. The Bertz CT molecular complexity index is 1100. The number of aryl methyl sites for hydroxylation is 1. The van der Waals surface area contributed by atoms with Crippen molar-refractivity contribution in [1.29, 1.82) is 0 Å². The lowest BCUT2D eigenvalue weighted by Gasteiger charge is -2.02. The molecule has 8 nitrogen and oxygen atoms in total. The Morgan fingerprint density at radius 1 is 1.35 bits per heavy atom. The van der Waals surface area contributed by atoms with Crippen LogP contribution in [0.1, 0.15) is 11.5 Å². The zero-order chi connectivity index (χ0) is 18.1. The van der Waals surface area contributed by atoms with Crippen LogP contribution in [0.4, 0.5) is 10.3 Å². The normalized spacial score (nSPS) is 11.0. The first-order valence-electron chi connectivity index (χ1n) is 7.78. The van der Waals surface area contributed by atoms with Crippen molar-refractivity contribution in [1.82, 2.24) is 24.7 Å². The van der Waals surface area contributed by atoms with E-state index in [0.717, 1.165) is 0 Å². The lowest BCUT2D eigenvalue weighted by molar-refractivity contribution is -0.115. The van der Waals surface area contributed by atoms with E-state index in [2.05, 4.69) is 25.5 Å². The van der Waals surface area contributed by atoms with E-state index in [0.29, 0.717) is 28.2 Å². The van der Waals surface area contributed by atoms with Crippen LogP contribution >= 0.6 is 0 Å². The van der Waals surface area contributed by atoms with Crippen molar-refractivity contribution in [3.05, 3.63) is 60.1 Å². The zero-order valence-electron chi connectivity index (χ0n) is 13.7. The van der Waals surface area contributed by atoms with Crippen molar-refractivity contribution in [3.8, 4) is 11.1 Å². The van der Waals surface area contributed by atoms with Crippen molar-refractivity contribution in [3.63, 3.8) is 0 Å². The average Bonchev–Trinajstić information content (AvgIpc) is 3.19. The van der Waals surface area contributed by atoms with E-state index in [4.69, 9.17) is 4.52 Å². The number of carbonyl (C=O) groups is 1. The Balaban J connectivity index is 1.56. The fraction of sp³-hybridized carbons (Fsp3) is 0.118. The van der Waals surface area contributed by atoms with E-state index in [9.17, 15) is 9.18 Å². The Morgan fingerprint density at radius 3 is 3.00 bits per heavy atom. The van der Waals surface area contributed by atoms with Gasteiger partial charge >= 0.3 is 0 Å². The minimum Gasteiger partial charge on any atom is -0.361 e. The molecule has 4 rings (SSSR count). The van der Waals surface area contributed by atoms with Crippen LogP contribution in [0.5, 0.6) is 0 Å². The summed E-state index contributed by atoms with van der Waals surface area (Å²) >= 11 is 0. The second kappa shape index (κ2) is 6.36. The molecule has 4 heterocycles. The van der Waals surface area contributed by atoms with Crippen LogP contribution < -0.4 is 5.32 Å². The van der Waals surface area contributed by atoms with E-state index in [-0.39, 0.29) is 18.3 Å². The maximum atomic E-state index is 13.8. The fourth-order valence-corrected chi connectivity index (χ4v) is 2.52. The van der Waals surface area contributed by atoms with Crippen molar-refractivity contribution in [2.24, 2.45) is 0 Å². The van der Waals surface area contributed by atoms with Crippen LogP contribution in [0.15, 0.2) is 47.2 Å². The highest BCUT2D eigenvalue weighted by atomic mass is 19.1. The van der Waals surface area contributed by atoms with E-state index >= 15 is 0 Å². The lowest BCUT2D eigenvalue weighted by atomic mass is 10.1. The third-order valence-electron chi connectivity index (χ3n) is 3.66. The largest absolute Gasteiger partial charge is 0.361 e. The van der Waals surface area contributed by atoms with E-state index in [1.807, 2.05) is 0 Å². The van der Waals surface area contributed by atoms with Gasteiger partial charge in [0.2, 0.25) is 17.8 Å². The van der Waals surface area contributed by atoms with Gasteiger partial charge in [-0.1, -0.05) is 5.16 Å². The fourth-order valence-electron chi connectivity index (χ4n) is 2.52. The summed E-state index contributed by atoms with van der Waals surface area (Å²) in [6.45, 7) is 1.78. The second-order valence-corrected chi connectivity index (χ2v) is 5.66. The maximum absolute atomic E-state index is 13.8. The molecule has 0 saturated carbocycles. The average molecular weight is 352 g/mol. The zero-order valence-corrected chi connectivity index (χ0v) is 13.7. The van der Waals surface area contributed by atoms with Gasteiger partial charge in [0.15, 0.2) is 5.65 Å². The molecule has 0 saturated heterocycles. The van der Waals surface area contributed by atoms with Crippen molar-refractivity contribution in [2.75, 3.05) is 5.32 Å². The summed E-state index contributed by atoms with van der Waals surface area (Å²) in [6, 6.07) is 8.37. The van der Waals surface area contributed by atoms with Crippen LogP contribution in [-0.2, 0) is 11.2 Å². The Labute approximate surface area is 146 Å². The van der Waals surface area contributed by atoms with Gasteiger partial charge in [-0.15, -0.1) is 5.10 Å². The van der Waals surface area contributed by atoms with Crippen molar-refractivity contribution in [2.45, 2.75) is 13.3 Å². The molecule has 0 aromatic carbocycles. The first-order chi connectivity index (χ1) is 12.6. The van der Waals surface area contributed by atoms with Gasteiger partial charge in [0, 0.05) is 29.6 Å². The predicted octanol–water partition coefficient (Wildman–Crippen LogP) is 2.41. The maximum Gasteiger partial charge on any atom is 0.249 e. The number of pyridine rings is 2. The first kappa shape index (κ1) is 15.9. The lowest BCUT2D eigenvalue weighted by Crippen LogP contribution is -2.15. The number of fused-ring (bicyclic) bond motifs is 1. The molecule has 0 aliphatic rings. The highest BCUT2D eigenvalue weighted by Crippen LogP contribution is 2.21. The standard InChI is InChI=1S/C17H13FN6O2/c1-10-7-12(26-23-10)8-15(25)21-17-20-14-5-4-11(9-24(14)22-17)13-3-2-6-19-16(13)18/h2-7,9H,8H2,1H3,(H,21,22,25). The molecule has 0 aliphatic carbocycles. The summed E-state index contributed by atoms with van der Waals surface area (Å²) in [4.78, 5) is 19.9. The second-order valence-electron chi connectivity index (χ2n) is 5.66. The highest BCUT2D eigenvalue weighted by Gasteiger charge is 2.13. The summed E-state index contributed by atoms with van der Waals surface area (Å²) in [6.07, 6.45) is 3.04. The van der Waals surface area contributed by atoms with Gasteiger partial charge in [-0.2, -0.15) is 9.37 Å². The Hall–Kier alpha value is -3.62. The van der Waals surface area contributed by atoms with Gasteiger partial charge in [0.25, 0.3) is 0 Å². The SMILES string of the molecule is Cc1cc(CC(=O)Nc2nc3ccc(-c4cccnc4F)cn3n2)on1. The molecule has 0 spiro atoms. The number of hydrogen-bond donors (Lipinski definition) is 1. The highest BCUT2D eigenvalue weighted by molar-refractivity contribution is 5.90. The van der Waals surface area contributed by atoms with Gasteiger partial charge in [0.1, 0.15) is 5.76 Å². The summed E-state index contributed by atoms with van der Waals surface area (Å²) in [5.41, 5.74) is 2.18. The van der Waals surface area contributed by atoms with Crippen LogP contribution in [0.2, 0.25) is 0 Å². The van der Waals surface area contributed by atoms with Crippen LogP contribution in [0, 0.1) is 12.9 Å². The molecule has 0 bridgehead atoms. The summed E-state index contributed by atoms with van der Waals surface area (Å²) in [7, 11) is 0. The summed E-state index contributed by atoms with van der Waals surface area (Å²) < 4.78 is 20.3. The van der Waals surface area contributed by atoms with Gasteiger partial charge in [0.05, 0.1) is 12.1 Å². The molecule has 0 radical (unpaired) electrons. The van der Waals surface area contributed by atoms with Gasteiger partial charge < -0.3 is 4.52 Å². The molecule has 26 heavy (non-hydrogen) atoms. The number of nitrogens with zero attached hydrogens (tertiary/aromatic N) is 5. The van der Waals surface area contributed by atoms with Crippen LogP contribution in [-0.4, -0.2) is 30.6 Å².